The Morgan fingerprint density at radius 2 is 1.97 bits per heavy atom. The molecule has 0 aromatic heterocycles. The Morgan fingerprint density at radius 3 is 2.69 bits per heavy atom. The van der Waals surface area contributed by atoms with Crippen LogP contribution in [0.5, 0.6) is 0 Å². The molecule has 0 radical (unpaired) electrons. The van der Waals surface area contributed by atoms with Crippen LogP contribution >= 0.6 is 24.0 Å². The summed E-state index contributed by atoms with van der Waals surface area (Å²) >= 11 is 0. The Balaban J connectivity index is 0.00000420. The van der Waals surface area contributed by atoms with Crippen LogP contribution in [0.3, 0.4) is 0 Å². The Hall–Kier alpha value is -1.42. The molecule has 1 atom stereocenters. The van der Waals surface area contributed by atoms with Crippen molar-refractivity contribution >= 4 is 35.8 Å². The fraction of sp³-hybridized carbons (Fsp3) is 0.619. The predicted molar refractivity (Wildman–Crippen MR) is 127 cm³/mol. The Labute approximate surface area is 191 Å². The van der Waals surface area contributed by atoms with E-state index < -0.39 is 0 Å². The number of piperidine rings is 1. The lowest BCUT2D eigenvalue weighted by Gasteiger charge is -2.35. The molecule has 3 N–H and O–H groups in total. The fourth-order valence-corrected chi connectivity index (χ4v) is 3.63. The average molecular weight is 519 g/mol. The normalized spacial score (nSPS) is 17.3. The summed E-state index contributed by atoms with van der Waals surface area (Å²) in [5.41, 5.74) is 0.672. The van der Waals surface area contributed by atoms with Gasteiger partial charge in [-0.05, 0) is 43.5 Å². The second-order valence-corrected chi connectivity index (χ2v) is 7.18. The second-order valence-electron chi connectivity index (χ2n) is 7.18. The van der Waals surface area contributed by atoms with Crippen molar-refractivity contribution in [2.24, 2.45) is 4.99 Å². The van der Waals surface area contributed by atoms with E-state index in [1.54, 1.807) is 19.2 Å². The van der Waals surface area contributed by atoms with Gasteiger partial charge < -0.3 is 16.0 Å². The number of benzene rings is 1. The van der Waals surface area contributed by atoms with Crippen molar-refractivity contribution in [2.45, 2.75) is 45.1 Å². The molecular formula is C21H35FIN5O. The predicted octanol–water partition coefficient (Wildman–Crippen LogP) is 2.53. The second kappa shape index (κ2) is 14.5. The highest BCUT2D eigenvalue weighted by Gasteiger charge is 2.19. The number of rotatable bonds is 9. The number of carbonyl (C=O) groups is 1. The number of hydrogen-bond donors (Lipinski definition) is 3. The van der Waals surface area contributed by atoms with Crippen molar-refractivity contribution in [1.82, 2.24) is 20.9 Å². The minimum absolute atomic E-state index is 0. The van der Waals surface area contributed by atoms with Gasteiger partial charge in [-0.15, -0.1) is 24.0 Å². The van der Waals surface area contributed by atoms with E-state index in [0.717, 1.165) is 19.0 Å². The Bertz CT molecular complexity index is 643. The molecule has 1 heterocycles. The van der Waals surface area contributed by atoms with Crippen molar-refractivity contribution in [3.05, 3.63) is 35.6 Å². The first kappa shape index (κ1) is 25.6. The number of carbonyl (C=O) groups excluding carboxylic acids is 1. The van der Waals surface area contributed by atoms with Gasteiger partial charge in [0.15, 0.2) is 5.96 Å². The molecule has 1 aromatic carbocycles. The van der Waals surface area contributed by atoms with Gasteiger partial charge in [0.25, 0.3) is 0 Å². The van der Waals surface area contributed by atoms with E-state index in [2.05, 4.69) is 32.8 Å². The van der Waals surface area contributed by atoms with Gasteiger partial charge in [-0.2, -0.15) is 0 Å². The van der Waals surface area contributed by atoms with Crippen LogP contribution in [0.2, 0.25) is 0 Å². The monoisotopic (exact) mass is 519 g/mol. The Kier molecular flexibility index (Phi) is 12.8. The van der Waals surface area contributed by atoms with Gasteiger partial charge in [0, 0.05) is 39.3 Å². The van der Waals surface area contributed by atoms with Crippen molar-refractivity contribution in [2.75, 3.05) is 39.8 Å². The Morgan fingerprint density at radius 1 is 1.21 bits per heavy atom. The third kappa shape index (κ3) is 9.75. The number of guanidine groups is 1. The molecule has 6 nitrogen and oxygen atoms in total. The van der Waals surface area contributed by atoms with Gasteiger partial charge in [0.1, 0.15) is 5.82 Å². The fourth-order valence-electron chi connectivity index (χ4n) is 3.63. The van der Waals surface area contributed by atoms with E-state index in [-0.39, 0.29) is 42.1 Å². The first-order chi connectivity index (χ1) is 13.6. The summed E-state index contributed by atoms with van der Waals surface area (Å²) in [6, 6.07) is 6.82. The van der Waals surface area contributed by atoms with Crippen LogP contribution in [0.15, 0.2) is 29.3 Å². The lowest BCUT2D eigenvalue weighted by Crippen LogP contribution is -2.47. The minimum Gasteiger partial charge on any atom is -0.355 e. The largest absolute Gasteiger partial charge is 0.355 e. The van der Waals surface area contributed by atoms with Crippen LogP contribution in [-0.2, 0) is 11.2 Å². The van der Waals surface area contributed by atoms with Gasteiger partial charge in [-0.1, -0.05) is 25.5 Å². The molecule has 0 saturated carbocycles. The van der Waals surface area contributed by atoms with Gasteiger partial charge in [-0.25, -0.2) is 4.39 Å². The number of nitrogens with one attached hydrogen (secondary N) is 3. The SMILES string of the molecule is CCC1CCCCN1CCNC(=NC)NCCNC(=O)Cc1cccc(F)c1.I. The molecule has 0 spiro atoms. The zero-order valence-electron chi connectivity index (χ0n) is 17.5. The van der Waals surface area contributed by atoms with E-state index in [1.165, 1.54) is 44.4 Å². The summed E-state index contributed by atoms with van der Waals surface area (Å²) in [4.78, 5) is 18.7. The van der Waals surface area contributed by atoms with E-state index in [9.17, 15) is 9.18 Å². The summed E-state index contributed by atoms with van der Waals surface area (Å²) in [7, 11) is 1.74. The number of amides is 1. The lowest BCUT2D eigenvalue weighted by molar-refractivity contribution is -0.120. The summed E-state index contributed by atoms with van der Waals surface area (Å²) in [5.74, 6) is 0.298. The van der Waals surface area contributed by atoms with Crippen LogP contribution in [0, 0.1) is 5.82 Å². The average Bonchev–Trinajstić information content (AvgIpc) is 2.70. The number of hydrogen-bond acceptors (Lipinski definition) is 3. The van der Waals surface area contributed by atoms with Crippen LogP contribution in [0.4, 0.5) is 4.39 Å². The third-order valence-corrected chi connectivity index (χ3v) is 5.13. The van der Waals surface area contributed by atoms with Crippen LogP contribution in [0.25, 0.3) is 0 Å². The topological polar surface area (TPSA) is 68.8 Å². The molecule has 1 aliphatic rings. The van der Waals surface area contributed by atoms with Crippen molar-refractivity contribution in [3.8, 4) is 0 Å². The number of aliphatic imine (C=N–C) groups is 1. The van der Waals surface area contributed by atoms with E-state index >= 15 is 0 Å². The zero-order valence-corrected chi connectivity index (χ0v) is 19.9. The van der Waals surface area contributed by atoms with Gasteiger partial charge in [0.05, 0.1) is 6.42 Å². The van der Waals surface area contributed by atoms with Gasteiger partial charge >= 0.3 is 0 Å². The zero-order chi connectivity index (χ0) is 20.2. The van der Waals surface area contributed by atoms with Gasteiger partial charge in [0.2, 0.25) is 5.91 Å². The summed E-state index contributed by atoms with van der Waals surface area (Å²) in [6.45, 7) is 6.38. The molecule has 2 rings (SSSR count). The third-order valence-electron chi connectivity index (χ3n) is 5.13. The number of nitrogens with zero attached hydrogens (tertiary/aromatic N) is 2. The standard InChI is InChI=1S/C21H34FN5O.HI/c1-3-19-9-4-5-13-27(19)14-12-26-21(23-2)25-11-10-24-20(28)16-17-7-6-8-18(22)15-17;/h6-8,15,19H,3-5,9-14,16H2,1-2H3,(H,24,28)(H2,23,25,26);1H. The molecule has 1 fully saturated rings. The van der Waals surface area contributed by atoms with Crippen LogP contribution in [0.1, 0.15) is 38.2 Å². The van der Waals surface area contributed by atoms with Crippen molar-refractivity contribution < 1.29 is 9.18 Å². The van der Waals surface area contributed by atoms with Crippen LogP contribution in [-0.4, -0.2) is 62.6 Å². The first-order valence-corrected chi connectivity index (χ1v) is 10.3. The summed E-state index contributed by atoms with van der Waals surface area (Å²) in [5, 5.41) is 9.38. The van der Waals surface area contributed by atoms with Crippen molar-refractivity contribution in [1.29, 1.82) is 0 Å². The van der Waals surface area contributed by atoms with Crippen molar-refractivity contribution in [3.63, 3.8) is 0 Å². The summed E-state index contributed by atoms with van der Waals surface area (Å²) in [6.07, 6.45) is 5.33. The molecular weight excluding hydrogens is 484 g/mol. The molecule has 8 heteroatoms. The lowest BCUT2D eigenvalue weighted by atomic mass is 10.0. The number of halogens is 2. The maximum Gasteiger partial charge on any atom is 0.224 e. The van der Waals surface area contributed by atoms with E-state index in [0.29, 0.717) is 24.7 Å². The molecule has 0 aliphatic carbocycles. The number of likely N-dealkylation sites (tertiary alicyclic amines) is 1. The van der Waals surface area contributed by atoms with Gasteiger partial charge in [-0.3, -0.25) is 14.7 Å². The smallest absolute Gasteiger partial charge is 0.224 e. The highest BCUT2D eigenvalue weighted by Crippen LogP contribution is 2.18. The molecule has 0 bridgehead atoms. The minimum atomic E-state index is -0.323. The highest BCUT2D eigenvalue weighted by molar-refractivity contribution is 14.0. The highest BCUT2D eigenvalue weighted by atomic mass is 127. The van der Waals surface area contributed by atoms with E-state index in [4.69, 9.17) is 0 Å². The van der Waals surface area contributed by atoms with Crippen LogP contribution < -0.4 is 16.0 Å². The summed E-state index contributed by atoms with van der Waals surface area (Å²) < 4.78 is 13.1. The maximum absolute atomic E-state index is 13.1. The molecule has 29 heavy (non-hydrogen) atoms. The quantitative estimate of drug-likeness (QED) is 0.203. The maximum atomic E-state index is 13.1. The molecule has 1 aromatic rings. The molecule has 164 valence electrons. The first-order valence-electron chi connectivity index (χ1n) is 10.3. The molecule has 1 saturated heterocycles. The van der Waals surface area contributed by atoms with E-state index in [1.807, 2.05) is 0 Å². The molecule has 1 aliphatic heterocycles. The molecule has 1 unspecified atom stereocenters. The molecule has 1 amide bonds.